The lowest BCUT2D eigenvalue weighted by atomic mass is 10.1. The Morgan fingerprint density at radius 3 is 2.65 bits per heavy atom. The van der Waals surface area contributed by atoms with Crippen LogP contribution in [0.2, 0.25) is 0 Å². The minimum atomic E-state index is -3.92. The van der Waals surface area contributed by atoms with Gasteiger partial charge in [-0.3, -0.25) is 4.79 Å². The zero-order valence-electron chi connectivity index (χ0n) is 11.9. The van der Waals surface area contributed by atoms with E-state index in [-0.39, 0.29) is 17.5 Å². The number of sulfone groups is 1. The highest BCUT2D eigenvalue weighted by molar-refractivity contribution is 7.92. The summed E-state index contributed by atoms with van der Waals surface area (Å²) in [6.45, 7) is 6.26. The van der Waals surface area contributed by atoms with Gasteiger partial charge in [-0.2, -0.15) is 0 Å². The number of hydrogen-bond acceptors (Lipinski definition) is 7. The lowest BCUT2D eigenvalue weighted by Gasteiger charge is -2.06. The molecule has 8 nitrogen and oxygen atoms in total. The standard InChI is InChI=1S/C11H20N4O4S/c1-4-19-9(16)7-20(17,18)11-10(12)15(14-13-11)6-5-8(2)3/h8H,4-7,12H2,1-3H3. The summed E-state index contributed by atoms with van der Waals surface area (Å²) in [4.78, 5) is 11.3. The molecule has 20 heavy (non-hydrogen) atoms. The Balaban J connectivity index is 2.88. The molecule has 1 aromatic rings. The first-order valence-corrected chi connectivity index (χ1v) is 8.00. The van der Waals surface area contributed by atoms with Gasteiger partial charge in [-0.05, 0) is 19.3 Å². The number of nitrogens with two attached hydrogens (primary N) is 1. The number of carbonyl (C=O) groups is 1. The second kappa shape index (κ2) is 6.69. The van der Waals surface area contributed by atoms with Crippen LogP contribution in [0.3, 0.4) is 0 Å². The lowest BCUT2D eigenvalue weighted by Crippen LogP contribution is -2.20. The zero-order chi connectivity index (χ0) is 15.3. The van der Waals surface area contributed by atoms with Gasteiger partial charge in [0.05, 0.1) is 6.61 Å². The van der Waals surface area contributed by atoms with E-state index in [1.54, 1.807) is 6.92 Å². The van der Waals surface area contributed by atoms with Crippen molar-refractivity contribution < 1.29 is 17.9 Å². The van der Waals surface area contributed by atoms with Crippen molar-refractivity contribution in [3.05, 3.63) is 0 Å². The number of hydrogen-bond donors (Lipinski definition) is 1. The summed E-state index contributed by atoms with van der Waals surface area (Å²) in [5, 5.41) is 6.92. The van der Waals surface area contributed by atoms with Gasteiger partial charge in [-0.15, -0.1) is 5.10 Å². The molecule has 0 radical (unpaired) electrons. The highest BCUT2D eigenvalue weighted by Gasteiger charge is 2.27. The van der Waals surface area contributed by atoms with Crippen molar-refractivity contribution in [2.75, 3.05) is 18.1 Å². The maximum absolute atomic E-state index is 12.0. The van der Waals surface area contributed by atoms with Crippen molar-refractivity contribution in [2.24, 2.45) is 5.92 Å². The largest absolute Gasteiger partial charge is 0.465 e. The number of nitrogen functional groups attached to an aromatic ring is 1. The summed E-state index contributed by atoms with van der Waals surface area (Å²) in [6, 6.07) is 0. The van der Waals surface area contributed by atoms with Crippen molar-refractivity contribution in [3.8, 4) is 0 Å². The van der Waals surface area contributed by atoms with E-state index in [0.717, 1.165) is 6.42 Å². The highest BCUT2D eigenvalue weighted by atomic mass is 32.2. The van der Waals surface area contributed by atoms with Crippen molar-refractivity contribution in [1.82, 2.24) is 15.0 Å². The number of aryl methyl sites for hydroxylation is 1. The van der Waals surface area contributed by atoms with E-state index >= 15 is 0 Å². The number of carbonyl (C=O) groups excluding carboxylic acids is 1. The Labute approximate surface area is 118 Å². The van der Waals surface area contributed by atoms with Crippen LogP contribution in [0, 0.1) is 5.92 Å². The van der Waals surface area contributed by atoms with Gasteiger partial charge in [-0.1, -0.05) is 19.1 Å². The molecule has 2 N–H and O–H groups in total. The summed E-state index contributed by atoms with van der Waals surface area (Å²) in [6.07, 6.45) is 0.797. The van der Waals surface area contributed by atoms with Gasteiger partial charge in [0, 0.05) is 6.54 Å². The minimum absolute atomic E-state index is 0.0463. The van der Waals surface area contributed by atoms with Crippen molar-refractivity contribution in [1.29, 1.82) is 0 Å². The fraction of sp³-hybridized carbons (Fsp3) is 0.727. The topological polar surface area (TPSA) is 117 Å². The van der Waals surface area contributed by atoms with Gasteiger partial charge in [0.2, 0.25) is 14.9 Å². The molecule has 0 aliphatic rings. The number of aromatic nitrogens is 3. The Kier molecular flexibility index (Phi) is 5.49. The minimum Gasteiger partial charge on any atom is -0.465 e. The maximum Gasteiger partial charge on any atom is 0.321 e. The third-order valence-corrected chi connectivity index (χ3v) is 4.06. The lowest BCUT2D eigenvalue weighted by molar-refractivity contribution is -0.139. The summed E-state index contributed by atoms with van der Waals surface area (Å²) in [5.41, 5.74) is 5.73. The SMILES string of the molecule is CCOC(=O)CS(=O)(=O)c1nnn(CCC(C)C)c1N. The van der Waals surface area contributed by atoms with Crippen LogP contribution >= 0.6 is 0 Å². The quantitative estimate of drug-likeness (QED) is 0.717. The molecule has 0 amide bonds. The highest BCUT2D eigenvalue weighted by Crippen LogP contribution is 2.17. The molecule has 1 heterocycles. The van der Waals surface area contributed by atoms with E-state index in [1.807, 2.05) is 13.8 Å². The average molecular weight is 304 g/mol. The molecule has 0 unspecified atom stereocenters. The first-order chi connectivity index (χ1) is 9.27. The Morgan fingerprint density at radius 2 is 2.10 bits per heavy atom. The van der Waals surface area contributed by atoms with Crippen LogP contribution in [-0.2, 0) is 25.9 Å². The predicted octanol–water partition coefficient (Wildman–Crippen LogP) is 0.243. The van der Waals surface area contributed by atoms with Crippen LogP contribution in [0.1, 0.15) is 27.2 Å². The molecular formula is C11H20N4O4S. The first kappa shape index (κ1) is 16.4. The van der Waals surface area contributed by atoms with Crippen LogP contribution in [0.5, 0.6) is 0 Å². The van der Waals surface area contributed by atoms with Gasteiger partial charge in [0.1, 0.15) is 0 Å². The molecule has 0 bridgehead atoms. The second-order valence-electron chi connectivity index (χ2n) is 4.75. The van der Waals surface area contributed by atoms with Crippen LogP contribution < -0.4 is 5.73 Å². The molecular weight excluding hydrogens is 284 g/mol. The summed E-state index contributed by atoms with van der Waals surface area (Å²) in [7, 11) is -3.92. The number of anilines is 1. The summed E-state index contributed by atoms with van der Waals surface area (Å²) in [5.74, 6) is -1.23. The van der Waals surface area contributed by atoms with Crippen LogP contribution in [-0.4, -0.2) is 41.7 Å². The van der Waals surface area contributed by atoms with Crippen LogP contribution in [0.4, 0.5) is 5.82 Å². The normalized spacial score (nSPS) is 11.8. The molecule has 0 aromatic carbocycles. The predicted molar refractivity (Wildman–Crippen MR) is 72.6 cm³/mol. The Bertz CT molecular complexity index is 565. The Morgan fingerprint density at radius 1 is 1.45 bits per heavy atom. The van der Waals surface area contributed by atoms with E-state index in [0.29, 0.717) is 12.5 Å². The molecule has 0 spiro atoms. The van der Waals surface area contributed by atoms with Gasteiger partial charge < -0.3 is 10.5 Å². The molecule has 0 saturated carbocycles. The average Bonchev–Trinajstić information content (AvgIpc) is 2.68. The maximum atomic E-state index is 12.0. The fourth-order valence-corrected chi connectivity index (χ4v) is 2.61. The Hall–Kier alpha value is -1.64. The summed E-state index contributed by atoms with van der Waals surface area (Å²) < 4.78 is 29.9. The van der Waals surface area contributed by atoms with E-state index in [1.165, 1.54) is 4.68 Å². The molecule has 0 atom stereocenters. The molecule has 1 aromatic heterocycles. The fourth-order valence-electron chi connectivity index (χ4n) is 1.50. The van der Waals surface area contributed by atoms with Gasteiger partial charge in [0.25, 0.3) is 0 Å². The number of ether oxygens (including phenoxy) is 1. The van der Waals surface area contributed by atoms with E-state index in [2.05, 4.69) is 15.0 Å². The third-order valence-electron chi connectivity index (χ3n) is 2.57. The molecule has 9 heteroatoms. The van der Waals surface area contributed by atoms with Crippen LogP contribution in [0.25, 0.3) is 0 Å². The molecule has 1 rings (SSSR count). The third kappa shape index (κ3) is 4.19. The first-order valence-electron chi connectivity index (χ1n) is 6.35. The molecule has 0 saturated heterocycles. The zero-order valence-corrected chi connectivity index (χ0v) is 12.7. The number of rotatable bonds is 7. The molecule has 0 fully saturated rings. The molecule has 0 aliphatic carbocycles. The van der Waals surface area contributed by atoms with Crippen molar-refractivity contribution in [2.45, 2.75) is 38.8 Å². The van der Waals surface area contributed by atoms with Gasteiger partial charge in [0.15, 0.2) is 11.6 Å². The monoisotopic (exact) mass is 304 g/mol. The van der Waals surface area contributed by atoms with Crippen molar-refractivity contribution >= 4 is 21.6 Å². The molecule has 0 aliphatic heterocycles. The summed E-state index contributed by atoms with van der Waals surface area (Å²) >= 11 is 0. The van der Waals surface area contributed by atoms with Gasteiger partial charge >= 0.3 is 5.97 Å². The van der Waals surface area contributed by atoms with E-state index < -0.39 is 21.6 Å². The van der Waals surface area contributed by atoms with Crippen LogP contribution in [0.15, 0.2) is 5.03 Å². The van der Waals surface area contributed by atoms with E-state index in [4.69, 9.17) is 5.73 Å². The smallest absolute Gasteiger partial charge is 0.321 e. The number of esters is 1. The van der Waals surface area contributed by atoms with Crippen molar-refractivity contribution in [3.63, 3.8) is 0 Å². The second-order valence-corrected chi connectivity index (χ2v) is 6.65. The molecule has 114 valence electrons. The van der Waals surface area contributed by atoms with E-state index in [9.17, 15) is 13.2 Å². The van der Waals surface area contributed by atoms with Gasteiger partial charge in [-0.25, -0.2) is 13.1 Å². The number of nitrogens with zero attached hydrogens (tertiary/aromatic N) is 3.